The molecule has 1 aromatic carbocycles. The van der Waals surface area contributed by atoms with Crippen LogP contribution in [0.25, 0.3) is 11.1 Å². The quantitative estimate of drug-likeness (QED) is 0.357. The summed E-state index contributed by atoms with van der Waals surface area (Å²) in [6.45, 7) is 3.31. The molecule has 0 spiro atoms. The largest absolute Gasteiger partial charge is 0.524 e. The second kappa shape index (κ2) is 8.81. The van der Waals surface area contributed by atoms with E-state index in [0.717, 1.165) is 0 Å². The minimum atomic E-state index is -4.70. The number of carbonyl (C=O) groups excluding carboxylic acids is 1. The average Bonchev–Trinajstić information content (AvgIpc) is 2.85. The molecule has 1 heterocycles. The van der Waals surface area contributed by atoms with Gasteiger partial charge in [-0.1, -0.05) is 19.1 Å². The standard InChI is InChI=1S/C16H22N2O9P2/c1-3-13-15(11-4-6-12(7-5-11)27-29(23,24)25)14(16(17)19)10(2)18(13)8-9-26-28(20,21)22/h4-7H,3,8-9H2,1-2H3,(H2,17,19)(H2,20,21,22)(H2,23,24,25). The van der Waals surface area contributed by atoms with Crippen molar-refractivity contribution in [2.75, 3.05) is 6.61 Å². The predicted octanol–water partition coefficient (Wildman–Crippen LogP) is 1.71. The number of rotatable bonds is 9. The number of nitrogens with two attached hydrogens (primary N) is 1. The summed E-state index contributed by atoms with van der Waals surface area (Å²) >= 11 is 0. The number of phosphoric ester groups is 2. The number of phosphoric acid groups is 2. The maximum Gasteiger partial charge on any atom is 0.524 e. The van der Waals surface area contributed by atoms with Gasteiger partial charge in [-0.25, -0.2) is 9.13 Å². The van der Waals surface area contributed by atoms with Gasteiger partial charge in [-0.2, -0.15) is 0 Å². The number of benzene rings is 1. The Morgan fingerprint density at radius 3 is 2.14 bits per heavy atom. The van der Waals surface area contributed by atoms with Crippen molar-refractivity contribution >= 4 is 21.6 Å². The summed E-state index contributed by atoms with van der Waals surface area (Å²) in [4.78, 5) is 47.6. The fraction of sp³-hybridized carbons (Fsp3) is 0.312. The van der Waals surface area contributed by atoms with Crippen molar-refractivity contribution in [2.45, 2.75) is 26.8 Å². The summed E-state index contributed by atoms with van der Waals surface area (Å²) < 4.78 is 32.6. The van der Waals surface area contributed by atoms with Crippen LogP contribution in [-0.4, -0.2) is 36.7 Å². The molecule has 1 aromatic heterocycles. The van der Waals surface area contributed by atoms with E-state index in [1.54, 1.807) is 11.5 Å². The summed E-state index contributed by atoms with van der Waals surface area (Å²) in [7, 11) is -9.33. The van der Waals surface area contributed by atoms with E-state index < -0.39 is 21.6 Å². The highest BCUT2D eigenvalue weighted by Crippen LogP contribution is 2.40. The van der Waals surface area contributed by atoms with Gasteiger partial charge in [0.2, 0.25) is 0 Å². The van der Waals surface area contributed by atoms with Crippen LogP contribution in [-0.2, 0) is 26.6 Å². The molecule has 29 heavy (non-hydrogen) atoms. The van der Waals surface area contributed by atoms with Crippen molar-refractivity contribution < 1.29 is 42.5 Å². The third-order valence-corrected chi connectivity index (χ3v) is 5.12. The zero-order valence-electron chi connectivity index (χ0n) is 15.7. The molecule has 6 N–H and O–H groups in total. The van der Waals surface area contributed by atoms with Crippen LogP contribution in [0.3, 0.4) is 0 Å². The molecule has 0 saturated carbocycles. The normalized spacial score (nSPS) is 12.2. The van der Waals surface area contributed by atoms with Crippen molar-refractivity contribution in [3.8, 4) is 16.9 Å². The van der Waals surface area contributed by atoms with Crippen molar-refractivity contribution in [2.24, 2.45) is 5.73 Å². The van der Waals surface area contributed by atoms with Gasteiger partial charge in [-0.05, 0) is 31.0 Å². The number of primary amides is 1. The summed E-state index contributed by atoms with van der Waals surface area (Å²) in [5, 5.41) is 0. The van der Waals surface area contributed by atoms with Crippen LogP contribution in [0.2, 0.25) is 0 Å². The number of hydrogen-bond acceptors (Lipinski definition) is 5. The molecular formula is C16H22N2O9P2. The van der Waals surface area contributed by atoms with Crippen LogP contribution in [0.5, 0.6) is 5.75 Å². The molecule has 1 amide bonds. The van der Waals surface area contributed by atoms with Crippen molar-refractivity contribution in [1.82, 2.24) is 4.57 Å². The van der Waals surface area contributed by atoms with Crippen molar-refractivity contribution in [3.63, 3.8) is 0 Å². The molecule has 0 radical (unpaired) electrons. The van der Waals surface area contributed by atoms with Crippen LogP contribution in [0.4, 0.5) is 0 Å². The van der Waals surface area contributed by atoms with Gasteiger partial charge < -0.3 is 24.6 Å². The van der Waals surface area contributed by atoms with Gasteiger partial charge in [0, 0.05) is 23.5 Å². The molecule has 0 aliphatic rings. The Morgan fingerprint density at radius 1 is 1.10 bits per heavy atom. The van der Waals surface area contributed by atoms with E-state index in [2.05, 4.69) is 9.05 Å². The average molecular weight is 448 g/mol. The SMILES string of the molecule is CCc1c(-c2ccc(OP(=O)(O)O)cc2)c(C(N)=O)c(C)n1CCOP(=O)(O)O. The molecular weight excluding hydrogens is 426 g/mol. The smallest absolute Gasteiger partial charge is 0.404 e. The molecule has 0 unspecified atom stereocenters. The van der Waals surface area contributed by atoms with Crippen LogP contribution >= 0.6 is 15.6 Å². The number of carbonyl (C=O) groups is 1. The summed E-state index contributed by atoms with van der Waals surface area (Å²) in [5.41, 5.74) is 8.09. The Bertz CT molecular complexity index is 989. The lowest BCUT2D eigenvalue weighted by atomic mass is 9.99. The lowest BCUT2D eigenvalue weighted by Gasteiger charge is -2.13. The monoisotopic (exact) mass is 448 g/mol. The zero-order chi connectivity index (χ0) is 22.0. The highest BCUT2D eigenvalue weighted by molar-refractivity contribution is 7.46. The Labute approximate surface area is 166 Å². The number of aromatic nitrogens is 1. The molecule has 0 bridgehead atoms. The second-order valence-corrected chi connectivity index (χ2v) is 8.48. The molecule has 13 heteroatoms. The Morgan fingerprint density at radius 2 is 1.69 bits per heavy atom. The molecule has 0 saturated heterocycles. The fourth-order valence-electron chi connectivity index (χ4n) is 3.15. The van der Waals surface area contributed by atoms with Crippen LogP contribution in [0, 0.1) is 6.92 Å². The molecule has 0 atom stereocenters. The van der Waals surface area contributed by atoms with Crippen molar-refractivity contribution in [3.05, 3.63) is 41.2 Å². The van der Waals surface area contributed by atoms with Gasteiger partial charge in [0.25, 0.3) is 5.91 Å². The third-order valence-electron chi connectivity index (χ3n) is 4.15. The molecule has 0 fully saturated rings. The molecule has 0 aliphatic heterocycles. The zero-order valence-corrected chi connectivity index (χ0v) is 17.5. The highest BCUT2D eigenvalue weighted by atomic mass is 31.2. The van der Waals surface area contributed by atoms with Crippen LogP contribution < -0.4 is 10.3 Å². The van der Waals surface area contributed by atoms with Gasteiger partial charge in [0.05, 0.1) is 12.2 Å². The first kappa shape index (κ1) is 23.3. The fourth-order valence-corrected chi connectivity index (χ4v) is 3.87. The molecule has 0 aliphatic carbocycles. The topological polar surface area (TPSA) is 182 Å². The molecule has 11 nitrogen and oxygen atoms in total. The van der Waals surface area contributed by atoms with Gasteiger partial charge in [0.1, 0.15) is 5.75 Å². The van der Waals surface area contributed by atoms with E-state index in [1.165, 1.54) is 24.3 Å². The van der Waals surface area contributed by atoms with E-state index in [4.69, 9.17) is 25.3 Å². The third kappa shape index (κ3) is 6.01. The Hall–Kier alpha value is -1.97. The molecule has 2 aromatic rings. The van der Waals surface area contributed by atoms with E-state index in [9.17, 15) is 13.9 Å². The first-order chi connectivity index (χ1) is 13.3. The first-order valence-corrected chi connectivity index (χ1v) is 11.5. The highest BCUT2D eigenvalue weighted by Gasteiger charge is 2.25. The van der Waals surface area contributed by atoms with Crippen molar-refractivity contribution in [1.29, 1.82) is 0 Å². The Balaban J connectivity index is 2.50. The minimum Gasteiger partial charge on any atom is -0.404 e. The second-order valence-electron chi connectivity index (χ2n) is 6.08. The van der Waals surface area contributed by atoms with E-state index in [1.807, 2.05) is 6.92 Å². The lowest BCUT2D eigenvalue weighted by Crippen LogP contribution is -2.14. The van der Waals surface area contributed by atoms with Crippen LogP contribution in [0.15, 0.2) is 24.3 Å². The van der Waals surface area contributed by atoms with Gasteiger partial charge in [-0.3, -0.25) is 19.1 Å². The maximum absolute atomic E-state index is 12.1. The predicted molar refractivity (Wildman–Crippen MR) is 103 cm³/mol. The minimum absolute atomic E-state index is 0.0491. The number of amides is 1. The summed E-state index contributed by atoms with van der Waals surface area (Å²) in [5.74, 6) is -0.732. The van der Waals surface area contributed by atoms with Gasteiger partial charge in [0.15, 0.2) is 0 Å². The van der Waals surface area contributed by atoms with Gasteiger partial charge in [-0.15, -0.1) is 0 Å². The van der Waals surface area contributed by atoms with E-state index in [-0.39, 0.29) is 24.5 Å². The van der Waals surface area contributed by atoms with E-state index >= 15 is 0 Å². The first-order valence-electron chi connectivity index (χ1n) is 8.41. The maximum atomic E-state index is 12.1. The van der Waals surface area contributed by atoms with Crippen LogP contribution in [0.1, 0.15) is 28.7 Å². The number of nitrogens with zero attached hydrogens (tertiary/aromatic N) is 1. The molecule has 2 rings (SSSR count). The lowest BCUT2D eigenvalue weighted by molar-refractivity contribution is 0.0999. The summed E-state index contributed by atoms with van der Waals surface area (Å²) in [6.07, 6.45) is 0.472. The molecule has 160 valence electrons. The van der Waals surface area contributed by atoms with E-state index in [0.29, 0.717) is 28.9 Å². The number of hydrogen-bond donors (Lipinski definition) is 5. The Kier molecular flexibility index (Phi) is 7.08. The summed E-state index contributed by atoms with van der Waals surface area (Å²) in [6, 6.07) is 5.76. The van der Waals surface area contributed by atoms with Gasteiger partial charge >= 0.3 is 15.6 Å².